The molecular formula is C8H7NO2. The predicted molar refractivity (Wildman–Crippen MR) is 39.2 cm³/mol. The van der Waals surface area contributed by atoms with Gasteiger partial charge in [-0.1, -0.05) is 12.1 Å². The minimum Gasteiger partial charge on any atom is -0.493 e. The van der Waals surface area contributed by atoms with Crippen LogP contribution in [0.4, 0.5) is 0 Å². The summed E-state index contributed by atoms with van der Waals surface area (Å²) in [5.74, 6) is 1.01. The van der Waals surface area contributed by atoms with E-state index in [-0.39, 0.29) is 0 Å². The van der Waals surface area contributed by atoms with Crippen LogP contribution < -0.4 is 9.47 Å². The van der Waals surface area contributed by atoms with E-state index in [4.69, 9.17) is 10.00 Å². The third-order valence-corrected chi connectivity index (χ3v) is 1.22. The first kappa shape index (κ1) is 7.42. The SMILES string of the molecule is COc1ccccc1OC#N. The standard InChI is InChI=1S/C8H7NO2/c1-10-7-4-2-3-5-8(7)11-6-9/h2-5H,1H3. The van der Waals surface area contributed by atoms with Gasteiger partial charge in [0.1, 0.15) is 0 Å². The van der Waals surface area contributed by atoms with Crippen molar-refractivity contribution in [2.45, 2.75) is 0 Å². The Bertz CT molecular complexity index is 278. The van der Waals surface area contributed by atoms with Crippen molar-refractivity contribution in [2.24, 2.45) is 0 Å². The second-order valence-electron chi connectivity index (χ2n) is 1.84. The van der Waals surface area contributed by atoms with Gasteiger partial charge in [0.05, 0.1) is 7.11 Å². The molecule has 1 aromatic rings. The molecule has 0 aliphatic carbocycles. The molecule has 0 fully saturated rings. The molecule has 0 saturated heterocycles. The molecule has 11 heavy (non-hydrogen) atoms. The third kappa shape index (κ3) is 1.62. The Balaban J connectivity index is 2.94. The molecule has 3 heteroatoms. The van der Waals surface area contributed by atoms with Crippen LogP contribution in [0.2, 0.25) is 0 Å². The van der Waals surface area contributed by atoms with Crippen LogP contribution in [-0.2, 0) is 0 Å². The van der Waals surface area contributed by atoms with Gasteiger partial charge >= 0.3 is 0 Å². The monoisotopic (exact) mass is 149 g/mol. The predicted octanol–water partition coefficient (Wildman–Crippen LogP) is 1.56. The van der Waals surface area contributed by atoms with E-state index in [2.05, 4.69) is 4.74 Å². The zero-order chi connectivity index (χ0) is 8.10. The van der Waals surface area contributed by atoms with E-state index in [0.717, 1.165) is 0 Å². The molecule has 3 nitrogen and oxygen atoms in total. The summed E-state index contributed by atoms with van der Waals surface area (Å²) in [5.41, 5.74) is 0. The van der Waals surface area contributed by atoms with Crippen LogP contribution in [0.15, 0.2) is 24.3 Å². The van der Waals surface area contributed by atoms with Crippen LogP contribution in [0.25, 0.3) is 0 Å². The summed E-state index contributed by atoms with van der Waals surface area (Å²) >= 11 is 0. The maximum Gasteiger partial charge on any atom is 0.292 e. The van der Waals surface area contributed by atoms with E-state index in [1.165, 1.54) is 7.11 Å². The van der Waals surface area contributed by atoms with Gasteiger partial charge in [0.2, 0.25) is 0 Å². The molecule has 0 spiro atoms. The van der Waals surface area contributed by atoms with Crippen molar-refractivity contribution in [3.05, 3.63) is 24.3 Å². The zero-order valence-corrected chi connectivity index (χ0v) is 6.07. The van der Waals surface area contributed by atoms with Gasteiger partial charge in [0, 0.05) is 0 Å². The van der Waals surface area contributed by atoms with E-state index in [1.807, 2.05) is 6.07 Å². The normalized spacial score (nSPS) is 8.36. The molecule has 0 aliphatic heterocycles. The first-order valence-corrected chi connectivity index (χ1v) is 3.07. The van der Waals surface area contributed by atoms with E-state index in [1.54, 1.807) is 24.5 Å². The Morgan fingerprint density at radius 2 is 1.91 bits per heavy atom. The zero-order valence-electron chi connectivity index (χ0n) is 6.07. The smallest absolute Gasteiger partial charge is 0.292 e. The van der Waals surface area contributed by atoms with Gasteiger partial charge < -0.3 is 9.47 Å². The Morgan fingerprint density at radius 1 is 1.27 bits per heavy atom. The number of hydrogen-bond donors (Lipinski definition) is 0. The number of methoxy groups -OCH3 is 1. The molecule has 1 rings (SSSR count). The number of hydrogen-bond acceptors (Lipinski definition) is 3. The van der Waals surface area contributed by atoms with Crippen LogP contribution >= 0.6 is 0 Å². The van der Waals surface area contributed by atoms with Crippen molar-refractivity contribution in [3.8, 4) is 17.8 Å². The Labute approximate surface area is 64.8 Å². The van der Waals surface area contributed by atoms with Gasteiger partial charge in [-0.25, -0.2) is 0 Å². The van der Waals surface area contributed by atoms with Crippen LogP contribution in [0.5, 0.6) is 11.5 Å². The fourth-order valence-electron chi connectivity index (χ4n) is 0.752. The number of rotatable bonds is 2. The first-order chi connectivity index (χ1) is 5.38. The lowest BCUT2D eigenvalue weighted by atomic mass is 10.3. The second-order valence-corrected chi connectivity index (χ2v) is 1.84. The molecule has 0 amide bonds. The van der Waals surface area contributed by atoms with Crippen LogP contribution in [0.1, 0.15) is 0 Å². The van der Waals surface area contributed by atoms with Crippen molar-refractivity contribution in [2.75, 3.05) is 7.11 Å². The van der Waals surface area contributed by atoms with E-state index < -0.39 is 0 Å². The summed E-state index contributed by atoms with van der Waals surface area (Å²) in [6.45, 7) is 0. The van der Waals surface area contributed by atoms with Gasteiger partial charge in [0.15, 0.2) is 11.5 Å². The molecule has 0 saturated carbocycles. The minimum absolute atomic E-state index is 0.442. The average molecular weight is 149 g/mol. The molecule has 56 valence electrons. The molecule has 1 aromatic carbocycles. The highest BCUT2D eigenvalue weighted by molar-refractivity contribution is 5.39. The molecule has 0 unspecified atom stereocenters. The van der Waals surface area contributed by atoms with Gasteiger partial charge in [-0.3, -0.25) is 0 Å². The summed E-state index contributed by atoms with van der Waals surface area (Å²) in [6.07, 6.45) is 1.58. The summed E-state index contributed by atoms with van der Waals surface area (Å²) in [6, 6.07) is 6.98. The molecule has 0 aromatic heterocycles. The maximum absolute atomic E-state index is 8.21. The highest BCUT2D eigenvalue weighted by Gasteiger charge is 2.00. The minimum atomic E-state index is 0.442. The summed E-state index contributed by atoms with van der Waals surface area (Å²) in [5, 5.41) is 8.21. The van der Waals surface area contributed by atoms with E-state index in [9.17, 15) is 0 Å². The second kappa shape index (κ2) is 3.47. The Morgan fingerprint density at radius 3 is 2.45 bits per heavy atom. The van der Waals surface area contributed by atoms with E-state index in [0.29, 0.717) is 11.5 Å². The highest BCUT2D eigenvalue weighted by Crippen LogP contribution is 2.24. The number of benzene rings is 1. The Hall–Kier alpha value is -1.69. The third-order valence-electron chi connectivity index (χ3n) is 1.22. The van der Waals surface area contributed by atoms with Crippen molar-refractivity contribution in [1.29, 1.82) is 5.26 Å². The molecule has 0 heterocycles. The van der Waals surface area contributed by atoms with Gasteiger partial charge in [0.25, 0.3) is 6.26 Å². The van der Waals surface area contributed by atoms with Crippen molar-refractivity contribution >= 4 is 0 Å². The largest absolute Gasteiger partial charge is 0.493 e. The van der Waals surface area contributed by atoms with Crippen LogP contribution in [0, 0.1) is 11.5 Å². The average Bonchev–Trinajstić information content (AvgIpc) is 2.06. The molecule has 0 bridgehead atoms. The fraction of sp³-hybridized carbons (Fsp3) is 0.125. The lowest BCUT2D eigenvalue weighted by molar-refractivity contribution is 0.384. The van der Waals surface area contributed by atoms with Crippen molar-refractivity contribution in [1.82, 2.24) is 0 Å². The highest BCUT2D eigenvalue weighted by atomic mass is 16.5. The summed E-state index contributed by atoms with van der Waals surface area (Å²) in [4.78, 5) is 0. The van der Waals surface area contributed by atoms with Crippen LogP contribution in [-0.4, -0.2) is 7.11 Å². The molecule has 0 N–H and O–H groups in total. The fourth-order valence-corrected chi connectivity index (χ4v) is 0.752. The number of nitrogens with zero attached hydrogens (tertiary/aromatic N) is 1. The van der Waals surface area contributed by atoms with Crippen molar-refractivity contribution in [3.63, 3.8) is 0 Å². The quantitative estimate of drug-likeness (QED) is 0.599. The van der Waals surface area contributed by atoms with Crippen LogP contribution in [0.3, 0.4) is 0 Å². The first-order valence-electron chi connectivity index (χ1n) is 3.07. The summed E-state index contributed by atoms with van der Waals surface area (Å²) < 4.78 is 9.53. The molecule has 0 aliphatic rings. The Kier molecular flexibility index (Phi) is 2.34. The van der Waals surface area contributed by atoms with Gasteiger partial charge in [-0.15, -0.1) is 5.26 Å². The summed E-state index contributed by atoms with van der Waals surface area (Å²) in [7, 11) is 1.53. The van der Waals surface area contributed by atoms with Gasteiger partial charge in [-0.05, 0) is 12.1 Å². The molecular weight excluding hydrogens is 142 g/mol. The topological polar surface area (TPSA) is 42.2 Å². The number of nitriles is 1. The lowest BCUT2D eigenvalue weighted by Gasteiger charge is -2.02. The van der Waals surface area contributed by atoms with E-state index >= 15 is 0 Å². The number of ether oxygens (including phenoxy) is 2. The molecule has 0 atom stereocenters. The van der Waals surface area contributed by atoms with Gasteiger partial charge in [-0.2, -0.15) is 0 Å². The number of para-hydroxylation sites is 2. The maximum atomic E-state index is 8.21. The van der Waals surface area contributed by atoms with Crippen molar-refractivity contribution < 1.29 is 9.47 Å². The lowest BCUT2D eigenvalue weighted by Crippen LogP contribution is -1.88. The molecule has 0 radical (unpaired) electrons.